The Morgan fingerprint density at radius 1 is 0.981 bits per heavy atom. The third-order valence-corrected chi connectivity index (χ3v) is 10.6. The molecule has 0 bridgehead atoms. The van der Waals surface area contributed by atoms with Crippen LogP contribution in [0.4, 0.5) is 0 Å². The van der Waals surface area contributed by atoms with Gasteiger partial charge in [0, 0.05) is 34.2 Å². The maximum Gasteiger partial charge on any atom is 0.343 e. The van der Waals surface area contributed by atoms with Gasteiger partial charge in [0.05, 0.1) is 39.5 Å². The molecule has 2 aliphatic heterocycles. The molecule has 0 aliphatic carbocycles. The monoisotopic (exact) mass is 735 g/mol. The van der Waals surface area contributed by atoms with Crippen molar-refractivity contribution in [2.45, 2.75) is 50.5 Å². The lowest BCUT2D eigenvalue weighted by Crippen LogP contribution is -2.44. The number of aromatic hydroxyl groups is 1. The normalized spacial score (nSPS) is 16.1. The van der Waals surface area contributed by atoms with Gasteiger partial charge in [-0.25, -0.2) is 23.3 Å². The third kappa shape index (κ3) is 6.29. The highest BCUT2D eigenvalue weighted by atomic mass is 32.2. The molecule has 8 rings (SSSR count). The summed E-state index contributed by atoms with van der Waals surface area (Å²) in [5.74, 6) is 0.136. The molecule has 0 saturated heterocycles. The number of esters is 1. The third-order valence-electron chi connectivity index (χ3n) is 9.63. The highest BCUT2D eigenvalue weighted by molar-refractivity contribution is 7.89. The average molecular weight is 736 g/mol. The number of primary sulfonamides is 1. The van der Waals surface area contributed by atoms with Crippen LogP contribution in [0.1, 0.15) is 41.4 Å². The number of carbonyl (C=O) groups is 1. The van der Waals surface area contributed by atoms with Gasteiger partial charge in [-0.2, -0.15) is 0 Å². The predicted octanol–water partition coefficient (Wildman–Crippen LogP) is 4.81. The van der Waals surface area contributed by atoms with E-state index in [9.17, 15) is 28.2 Å². The first kappa shape index (κ1) is 35.7. The first-order chi connectivity index (χ1) is 25.2. The molecule has 2 aliphatic rings. The quantitative estimate of drug-likeness (QED) is 0.199. The second-order valence-corrected chi connectivity index (χ2v) is 14.9. The Balaban J connectivity index is 0.000000174. The minimum atomic E-state index is -3.70. The van der Waals surface area contributed by atoms with Crippen molar-refractivity contribution in [1.82, 2.24) is 19.6 Å². The summed E-state index contributed by atoms with van der Waals surface area (Å²) < 4.78 is 34.7. The zero-order valence-electron chi connectivity index (χ0n) is 29.5. The fourth-order valence-corrected chi connectivity index (χ4v) is 7.41. The van der Waals surface area contributed by atoms with Crippen LogP contribution in [0.25, 0.3) is 44.7 Å². The molecule has 13 nitrogen and oxygen atoms in total. The molecule has 53 heavy (non-hydrogen) atoms. The number of carbonyl (C=O) groups excluding carboxylic acids is 1. The summed E-state index contributed by atoms with van der Waals surface area (Å²) >= 11 is 0. The first-order valence-electron chi connectivity index (χ1n) is 16.8. The van der Waals surface area contributed by atoms with Gasteiger partial charge in [0.1, 0.15) is 23.8 Å². The van der Waals surface area contributed by atoms with Crippen molar-refractivity contribution in [2.24, 2.45) is 5.14 Å². The Hall–Kier alpha value is -5.67. The average Bonchev–Trinajstić information content (AvgIpc) is 3.71. The summed E-state index contributed by atoms with van der Waals surface area (Å²) in [6.07, 6.45) is 0.104. The van der Waals surface area contributed by atoms with E-state index in [1.165, 1.54) is 12.1 Å². The fourth-order valence-electron chi connectivity index (χ4n) is 6.90. The van der Waals surface area contributed by atoms with Crippen LogP contribution in [0, 0.1) is 6.92 Å². The lowest BCUT2D eigenvalue weighted by Gasteiger charge is -2.31. The molecule has 0 fully saturated rings. The number of hydrogen-bond acceptors (Lipinski definition) is 11. The number of phenolic OH excluding ortho intramolecular Hbond substituents is 1. The van der Waals surface area contributed by atoms with Crippen molar-refractivity contribution in [1.29, 1.82) is 0 Å². The summed E-state index contributed by atoms with van der Waals surface area (Å²) in [5.41, 5.74) is 5.35. The highest BCUT2D eigenvalue weighted by Gasteiger charge is 2.45. The topological polar surface area (TPSA) is 191 Å². The minimum Gasteiger partial charge on any atom is -0.508 e. The Morgan fingerprint density at radius 2 is 1.70 bits per heavy atom. The summed E-state index contributed by atoms with van der Waals surface area (Å²) in [6.45, 7) is 4.23. The lowest BCUT2D eigenvalue weighted by atomic mass is 9.86. The Bertz CT molecular complexity index is 2580. The van der Waals surface area contributed by atoms with Crippen LogP contribution in [-0.2, 0) is 44.9 Å². The number of sulfonamides is 1. The maximum absolute atomic E-state index is 13.2. The van der Waals surface area contributed by atoms with Gasteiger partial charge < -0.3 is 28.9 Å². The SMILES string of the molecule is CC[C@@]1(O)C(=O)OCc2c1cc1n(c2=O)Cc2cc3c(CN(C)C)c(O)ccc3nc2-1.Cc1onc(-c2ccccc2)c1-c1ccc(S(N)(=O)=O)cc1. The van der Waals surface area contributed by atoms with Crippen LogP contribution in [0.5, 0.6) is 5.75 Å². The van der Waals surface area contributed by atoms with Gasteiger partial charge in [-0.1, -0.05) is 54.5 Å². The smallest absolute Gasteiger partial charge is 0.343 e. The molecule has 0 spiro atoms. The van der Waals surface area contributed by atoms with Crippen LogP contribution in [-0.4, -0.2) is 58.3 Å². The number of aliphatic hydroxyl groups is 1. The van der Waals surface area contributed by atoms with Gasteiger partial charge in [-0.3, -0.25) is 4.79 Å². The van der Waals surface area contributed by atoms with E-state index in [0.29, 0.717) is 46.9 Å². The molecule has 0 unspecified atom stereocenters. The van der Waals surface area contributed by atoms with E-state index in [1.54, 1.807) is 41.8 Å². The lowest BCUT2D eigenvalue weighted by molar-refractivity contribution is -0.172. The zero-order chi connectivity index (χ0) is 37.8. The molecule has 14 heteroatoms. The van der Waals surface area contributed by atoms with Crippen LogP contribution >= 0.6 is 0 Å². The van der Waals surface area contributed by atoms with E-state index < -0.39 is 21.6 Å². The van der Waals surface area contributed by atoms with Crippen LogP contribution in [0.15, 0.2) is 93.1 Å². The standard InChI is InChI=1S/C23H23N3O5.C16H14N2O3S/c1-4-23(30)16-8-18-20-12(9-26(18)21(28)15(16)11-31-22(23)29)7-13-14(10-25(2)3)19(27)6-5-17(13)24-20;1-11-15(12-7-9-14(10-8-12)22(17,19)20)16(18-21-11)13-5-3-2-4-6-13/h5-8,27,30H,4,9-11H2,1-3H3;2-10H,1H3,(H2,17,19,20)/t23-;/m0./s1. The van der Waals surface area contributed by atoms with Crippen LogP contribution in [0.2, 0.25) is 0 Å². The molecule has 6 aromatic rings. The number of hydrogen-bond donors (Lipinski definition) is 3. The van der Waals surface area contributed by atoms with Crippen molar-refractivity contribution < 1.29 is 32.7 Å². The molecule has 3 aromatic heterocycles. The van der Waals surface area contributed by atoms with Gasteiger partial charge in [-0.05, 0) is 69.4 Å². The predicted molar refractivity (Wildman–Crippen MR) is 197 cm³/mol. The van der Waals surface area contributed by atoms with E-state index in [2.05, 4.69) is 5.16 Å². The Kier molecular flexibility index (Phi) is 9.02. The number of aromatic nitrogens is 3. The van der Waals surface area contributed by atoms with Crippen LogP contribution in [0.3, 0.4) is 0 Å². The number of nitrogens with zero attached hydrogens (tertiary/aromatic N) is 4. The Morgan fingerprint density at radius 3 is 2.36 bits per heavy atom. The van der Waals surface area contributed by atoms with E-state index in [1.807, 2.05) is 62.3 Å². The molecule has 1 atom stereocenters. The summed E-state index contributed by atoms with van der Waals surface area (Å²) in [6, 6.07) is 23.1. The molecule has 0 amide bonds. The van der Waals surface area contributed by atoms with E-state index in [4.69, 9.17) is 19.4 Å². The van der Waals surface area contributed by atoms with E-state index in [-0.39, 0.29) is 29.2 Å². The van der Waals surface area contributed by atoms with E-state index >= 15 is 0 Å². The van der Waals surface area contributed by atoms with Crippen molar-refractivity contribution >= 4 is 26.9 Å². The molecule has 0 radical (unpaired) electrons. The molecule has 5 heterocycles. The second kappa shape index (κ2) is 13.4. The number of nitrogens with two attached hydrogens (primary N) is 1. The molecule has 3 aromatic carbocycles. The zero-order valence-corrected chi connectivity index (χ0v) is 30.3. The fraction of sp³-hybridized carbons (Fsp3) is 0.231. The summed E-state index contributed by atoms with van der Waals surface area (Å²) in [4.78, 5) is 32.4. The van der Waals surface area contributed by atoms with Gasteiger partial charge in [0.15, 0.2) is 5.60 Å². The largest absolute Gasteiger partial charge is 0.508 e. The first-order valence-corrected chi connectivity index (χ1v) is 18.4. The molecular formula is C39H37N5O8S. The van der Waals surface area contributed by atoms with Gasteiger partial charge in [-0.15, -0.1) is 0 Å². The number of ether oxygens (including phenoxy) is 1. The van der Waals surface area contributed by atoms with Gasteiger partial charge >= 0.3 is 5.97 Å². The highest BCUT2D eigenvalue weighted by Crippen LogP contribution is 2.40. The number of rotatable bonds is 6. The molecular weight excluding hydrogens is 699 g/mol. The summed E-state index contributed by atoms with van der Waals surface area (Å²) in [5, 5.41) is 31.4. The van der Waals surface area contributed by atoms with E-state index in [0.717, 1.165) is 38.9 Å². The van der Waals surface area contributed by atoms with Crippen molar-refractivity contribution in [2.75, 3.05) is 14.1 Å². The molecule has 4 N–H and O–H groups in total. The number of pyridine rings is 2. The number of aryl methyl sites for hydroxylation is 1. The molecule has 272 valence electrons. The molecule has 0 saturated carbocycles. The number of cyclic esters (lactones) is 1. The summed E-state index contributed by atoms with van der Waals surface area (Å²) in [7, 11) is 0.156. The Labute approximate surface area is 304 Å². The number of phenols is 1. The number of benzene rings is 3. The van der Waals surface area contributed by atoms with Crippen molar-refractivity contribution in [3.05, 3.63) is 117 Å². The minimum absolute atomic E-state index is 0.0756. The van der Waals surface area contributed by atoms with Crippen LogP contribution < -0.4 is 10.7 Å². The van der Waals surface area contributed by atoms with Gasteiger partial charge in [0.25, 0.3) is 5.56 Å². The van der Waals surface area contributed by atoms with Crippen molar-refractivity contribution in [3.63, 3.8) is 0 Å². The number of fused-ring (bicyclic) bond motifs is 5. The van der Waals surface area contributed by atoms with Crippen molar-refractivity contribution in [3.8, 4) is 39.5 Å². The second-order valence-electron chi connectivity index (χ2n) is 13.4. The maximum atomic E-state index is 13.2. The van der Waals surface area contributed by atoms with Gasteiger partial charge in [0.2, 0.25) is 10.0 Å².